The van der Waals surface area contributed by atoms with Crippen LogP contribution in [0.4, 0.5) is 4.39 Å². The summed E-state index contributed by atoms with van der Waals surface area (Å²) in [4.78, 5) is 8.13. The molecule has 0 saturated carbocycles. The summed E-state index contributed by atoms with van der Waals surface area (Å²) in [6.07, 6.45) is 1.64. The van der Waals surface area contributed by atoms with Gasteiger partial charge in [0.25, 0.3) is 0 Å². The van der Waals surface area contributed by atoms with Crippen LogP contribution in [0.2, 0.25) is 0 Å². The van der Waals surface area contributed by atoms with E-state index in [1.54, 1.807) is 13.8 Å². The molecule has 148 valence electrons. The number of imidazole rings is 1. The fourth-order valence-corrected chi connectivity index (χ4v) is 3.67. The van der Waals surface area contributed by atoms with Crippen LogP contribution in [0, 0.1) is 0 Å². The summed E-state index contributed by atoms with van der Waals surface area (Å²) in [5.41, 5.74) is 5.84. The number of aromatic nitrogens is 2. The van der Waals surface area contributed by atoms with Gasteiger partial charge in [0.05, 0.1) is 16.6 Å². The maximum absolute atomic E-state index is 12.6. The molecule has 0 aliphatic rings. The van der Waals surface area contributed by atoms with E-state index in [9.17, 15) is 9.50 Å². The number of fused-ring (bicyclic) bond motifs is 1. The number of nitrogens with one attached hydrogen (secondary N) is 1. The molecule has 0 amide bonds. The second-order valence-corrected chi connectivity index (χ2v) is 7.97. The average molecular weight is 388 g/mol. The van der Waals surface area contributed by atoms with E-state index >= 15 is 0 Å². The number of hydrogen-bond donors (Lipinski definition) is 2. The third kappa shape index (κ3) is 4.22. The lowest BCUT2D eigenvalue weighted by molar-refractivity contribution is 0.0792. The monoisotopic (exact) mass is 388 g/mol. The molecule has 29 heavy (non-hydrogen) atoms. The molecule has 0 bridgehead atoms. The highest BCUT2D eigenvalue weighted by atomic mass is 19.1. The Hall–Kier alpha value is -2.98. The van der Waals surface area contributed by atoms with Crippen molar-refractivity contribution >= 4 is 11.0 Å². The van der Waals surface area contributed by atoms with Crippen molar-refractivity contribution in [2.45, 2.75) is 39.0 Å². The van der Waals surface area contributed by atoms with E-state index in [1.807, 2.05) is 60.7 Å². The molecule has 3 nitrogen and oxygen atoms in total. The van der Waals surface area contributed by atoms with Gasteiger partial charge >= 0.3 is 0 Å². The van der Waals surface area contributed by atoms with Crippen molar-refractivity contribution in [2.75, 3.05) is 0 Å². The first-order valence-corrected chi connectivity index (χ1v) is 9.89. The molecule has 2 N–H and O–H groups in total. The summed E-state index contributed by atoms with van der Waals surface area (Å²) in [7, 11) is 0. The molecule has 4 aromatic rings. The number of nitrogens with zero attached hydrogens (tertiary/aromatic N) is 1. The second kappa shape index (κ2) is 7.80. The highest BCUT2D eigenvalue weighted by molar-refractivity contribution is 5.83. The van der Waals surface area contributed by atoms with Crippen LogP contribution >= 0.6 is 0 Å². The maximum atomic E-state index is 12.6. The number of aryl methyl sites for hydroxylation is 2. The predicted molar refractivity (Wildman–Crippen MR) is 115 cm³/mol. The van der Waals surface area contributed by atoms with E-state index in [0.717, 1.165) is 46.4 Å². The first kappa shape index (κ1) is 19.3. The van der Waals surface area contributed by atoms with Gasteiger partial charge in [-0.15, -0.1) is 0 Å². The lowest BCUT2D eigenvalue weighted by Gasteiger charge is -2.21. The van der Waals surface area contributed by atoms with Crippen LogP contribution in [-0.2, 0) is 25.1 Å². The third-order valence-corrected chi connectivity index (χ3v) is 5.26. The van der Waals surface area contributed by atoms with Crippen molar-refractivity contribution in [3.63, 3.8) is 0 Å². The van der Waals surface area contributed by atoms with Crippen LogP contribution in [0.15, 0.2) is 66.7 Å². The minimum absolute atomic E-state index is 0.428. The minimum Gasteiger partial charge on any atom is -0.386 e. The normalized spacial score (nSPS) is 11.9. The van der Waals surface area contributed by atoms with Gasteiger partial charge in [0, 0.05) is 6.42 Å². The Balaban J connectivity index is 1.58. The molecule has 0 atom stereocenters. The van der Waals surface area contributed by atoms with Gasteiger partial charge in [0.15, 0.2) is 0 Å². The molecule has 0 saturated heterocycles. The first-order chi connectivity index (χ1) is 13.9. The standard InChI is InChI=1S/C25H25FN2O/c1-25(2,29)21-6-4-3-5-20(21)19-12-13-22-23(15-19)28-24(27-22)14-11-17-7-9-18(16-26)10-8-17/h3-10,12-13,15,29H,11,14,16H2,1-2H3,(H,27,28). The molecular formula is C25H25FN2O. The molecule has 0 aliphatic carbocycles. The van der Waals surface area contributed by atoms with Crippen LogP contribution in [0.5, 0.6) is 0 Å². The smallest absolute Gasteiger partial charge is 0.115 e. The Morgan fingerprint density at radius 3 is 2.38 bits per heavy atom. The SMILES string of the molecule is CC(C)(O)c1ccccc1-c1ccc2nc(CCc3ccc(CF)cc3)[nH]c2c1. The third-order valence-electron chi connectivity index (χ3n) is 5.26. The maximum Gasteiger partial charge on any atom is 0.115 e. The Kier molecular flexibility index (Phi) is 5.20. The Morgan fingerprint density at radius 1 is 0.931 bits per heavy atom. The number of benzene rings is 3. The van der Waals surface area contributed by atoms with E-state index < -0.39 is 12.3 Å². The van der Waals surface area contributed by atoms with E-state index in [2.05, 4.69) is 11.1 Å². The molecular weight excluding hydrogens is 363 g/mol. The van der Waals surface area contributed by atoms with Crippen LogP contribution in [0.3, 0.4) is 0 Å². The van der Waals surface area contributed by atoms with Crippen molar-refractivity contribution in [1.82, 2.24) is 9.97 Å². The predicted octanol–water partition coefficient (Wildman–Crippen LogP) is 5.71. The van der Waals surface area contributed by atoms with Crippen molar-refractivity contribution < 1.29 is 9.50 Å². The number of halogens is 1. The van der Waals surface area contributed by atoms with E-state index in [-0.39, 0.29) is 0 Å². The zero-order valence-corrected chi connectivity index (χ0v) is 16.7. The van der Waals surface area contributed by atoms with Gasteiger partial charge in [-0.25, -0.2) is 9.37 Å². The van der Waals surface area contributed by atoms with Gasteiger partial charge in [-0.2, -0.15) is 0 Å². The average Bonchev–Trinajstić information content (AvgIpc) is 3.14. The zero-order valence-electron chi connectivity index (χ0n) is 16.7. The minimum atomic E-state index is -0.914. The first-order valence-electron chi connectivity index (χ1n) is 9.89. The van der Waals surface area contributed by atoms with Crippen LogP contribution in [0.1, 0.15) is 36.4 Å². The second-order valence-electron chi connectivity index (χ2n) is 7.97. The van der Waals surface area contributed by atoms with Crippen molar-refractivity contribution in [1.29, 1.82) is 0 Å². The van der Waals surface area contributed by atoms with Crippen LogP contribution < -0.4 is 0 Å². The van der Waals surface area contributed by atoms with Crippen molar-refractivity contribution in [3.05, 3.63) is 89.2 Å². The molecule has 1 aromatic heterocycles. The summed E-state index contributed by atoms with van der Waals surface area (Å²) < 4.78 is 12.6. The number of aliphatic hydroxyl groups is 1. The topological polar surface area (TPSA) is 48.9 Å². The molecule has 0 fully saturated rings. The molecule has 0 radical (unpaired) electrons. The van der Waals surface area contributed by atoms with Gasteiger partial charge in [-0.1, -0.05) is 54.6 Å². The fourth-order valence-electron chi connectivity index (χ4n) is 3.67. The lowest BCUT2D eigenvalue weighted by atomic mass is 9.89. The highest BCUT2D eigenvalue weighted by Gasteiger charge is 2.20. The summed E-state index contributed by atoms with van der Waals surface area (Å²) >= 11 is 0. The Bertz CT molecular complexity index is 1120. The molecule has 1 heterocycles. The zero-order chi connectivity index (χ0) is 20.4. The molecule has 4 rings (SSSR count). The fraction of sp³-hybridized carbons (Fsp3) is 0.240. The van der Waals surface area contributed by atoms with Gasteiger partial charge in [-0.3, -0.25) is 0 Å². The Labute approximate surface area is 170 Å². The number of alkyl halides is 1. The summed E-state index contributed by atoms with van der Waals surface area (Å²) in [6, 6.07) is 21.7. The molecule has 0 aliphatic heterocycles. The number of aromatic amines is 1. The number of hydrogen-bond acceptors (Lipinski definition) is 2. The van der Waals surface area contributed by atoms with E-state index in [4.69, 9.17) is 4.98 Å². The van der Waals surface area contributed by atoms with E-state index in [0.29, 0.717) is 5.56 Å². The summed E-state index contributed by atoms with van der Waals surface area (Å²) in [6.45, 7) is 3.18. The molecule has 0 spiro atoms. The van der Waals surface area contributed by atoms with Gasteiger partial charge in [0.1, 0.15) is 12.5 Å². The van der Waals surface area contributed by atoms with Crippen molar-refractivity contribution in [2.24, 2.45) is 0 Å². The van der Waals surface area contributed by atoms with Crippen molar-refractivity contribution in [3.8, 4) is 11.1 Å². The quantitative estimate of drug-likeness (QED) is 0.444. The lowest BCUT2D eigenvalue weighted by Crippen LogP contribution is -2.16. The Morgan fingerprint density at radius 2 is 1.66 bits per heavy atom. The van der Waals surface area contributed by atoms with Crippen LogP contribution in [0.25, 0.3) is 22.2 Å². The molecule has 4 heteroatoms. The van der Waals surface area contributed by atoms with Gasteiger partial charge in [0.2, 0.25) is 0 Å². The largest absolute Gasteiger partial charge is 0.386 e. The van der Waals surface area contributed by atoms with Crippen LogP contribution in [-0.4, -0.2) is 15.1 Å². The highest BCUT2D eigenvalue weighted by Crippen LogP contribution is 2.32. The number of rotatable bonds is 6. The van der Waals surface area contributed by atoms with Gasteiger partial charge < -0.3 is 10.1 Å². The molecule has 0 unspecified atom stereocenters. The van der Waals surface area contributed by atoms with Gasteiger partial charge in [-0.05, 0) is 60.2 Å². The summed E-state index contributed by atoms with van der Waals surface area (Å²) in [5, 5.41) is 10.5. The molecule has 3 aromatic carbocycles. The van der Waals surface area contributed by atoms with E-state index in [1.165, 1.54) is 5.56 Å². The summed E-state index contributed by atoms with van der Waals surface area (Å²) in [5.74, 6) is 0.933. The number of H-pyrrole nitrogens is 1.